The summed E-state index contributed by atoms with van der Waals surface area (Å²) >= 11 is 0. The number of nitrogens with zero attached hydrogens (tertiary/aromatic N) is 1. The Morgan fingerprint density at radius 2 is 2.13 bits per heavy atom. The molecule has 0 spiro atoms. The molecular formula is C16H18N2O4S. The number of amides is 1. The van der Waals surface area contributed by atoms with Gasteiger partial charge in [-0.25, -0.2) is 13.6 Å². The molecule has 0 saturated carbocycles. The third-order valence-electron chi connectivity index (χ3n) is 4.09. The lowest BCUT2D eigenvalue weighted by atomic mass is 10.1. The number of carbonyl (C=O) groups excluding carboxylic acids is 1. The molecule has 1 fully saturated rings. The zero-order valence-corrected chi connectivity index (χ0v) is 13.5. The summed E-state index contributed by atoms with van der Waals surface area (Å²) in [6, 6.07) is 8.30. The molecule has 122 valence electrons. The molecule has 1 atom stereocenters. The lowest BCUT2D eigenvalue weighted by Crippen LogP contribution is -2.30. The first kappa shape index (κ1) is 15.8. The molecule has 0 bridgehead atoms. The summed E-state index contributed by atoms with van der Waals surface area (Å²) in [6.45, 7) is 2.87. The quantitative estimate of drug-likeness (QED) is 0.927. The topological polar surface area (TPSA) is 93.6 Å². The summed E-state index contributed by atoms with van der Waals surface area (Å²) in [5.74, 6) is 0.666. The number of sulfonamides is 1. The van der Waals surface area contributed by atoms with Crippen molar-refractivity contribution in [3.63, 3.8) is 0 Å². The van der Waals surface area contributed by atoms with Crippen LogP contribution in [-0.4, -0.2) is 32.3 Å². The largest absolute Gasteiger partial charge is 0.469 e. The zero-order valence-electron chi connectivity index (χ0n) is 12.7. The average molecular weight is 334 g/mol. The van der Waals surface area contributed by atoms with Gasteiger partial charge in [0.2, 0.25) is 10.0 Å². The fourth-order valence-corrected chi connectivity index (χ4v) is 3.64. The van der Waals surface area contributed by atoms with Crippen molar-refractivity contribution in [1.29, 1.82) is 0 Å². The predicted octanol–water partition coefficient (Wildman–Crippen LogP) is 1.87. The number of likely N-dealkylation sites (tertiary alicyclic amines) is 1. The molecule has 6 nitrogen and oxygen atoms in total. The maximum atomic E-state index is 12.8. The van der Waals surface area contributed by atoms with Gasteiger partial charge < -0.3 is 9.32 Å². The minimum absolute atomic E-state index is 0.130. The summed E-state index contributed by atoms with van der Waals surface area (Å²) in [6.07, 6.45) is 2.40. The summed E-state index contributed by atoms with van der Waals surface area (Å²) < 4.78 is 28.8. The molecule has 1 aliphatic heterocycles. The third kappa shape index (κ3) is 3.16. The Morgan fingerprint density at radius 3 is 2.78 bits per heavy atom. The predicted molar refractivity (Wildman–Crippen MR) is 84.5 cm³/mol. The molecule has 0 aliphatic carbocycles. The van der Waals surface area contributed by atoms with E-state index in [0.29, 0.717) is 13.1 Å². The molecule has 3 rings (SSSR count). The Labute approximate surface area is 134 Å². The van der Waals surface area contributed by atoms with Crippen LogP contribution >= 0.6 is 0 Å². The number of nitrogens with two attached hydrogens (primary N) is 1. The number of hydrogen-bond donors (Lipinski definition) is 1. The van der Waals surface area contributed by atoms with Crippen LogP contribution in [0.4, 0.5) is 0 Å². The van der Waals surface area contributed by atoms with Crippen LogP contribution in [0.15, 0.2) is 45.9 Å². The summed E-state index contributed by atoms with van der Waals surface area (Å²) in [4.78, 5) is 14.3. The number of carbonyl (C=O) groups is 1. The fraction of sp³-hybridized carbons (Fsp3) is 0.312. The van der Waals surface area contributed by atoms with Crippen molar-refractivity contribution < 1.29 is 17.6 Å². The van der Waals surface area contributed by atoms with Gasteiger partial charge in [0.15, 0.2) is 0 Å². The summed E-state index contributed by atoms with van der Waals surface area (Å²) in [7, 11) is -3.95. The van der Waals surface area contributed by atoms with Crippen LogP contribution in [0, 0.1) is 6.92 Å². The van der Waals surface area contributed by atoms with E-state index in [9.17, 15) is 13.2 Å². The van der Waals surface area contributed by atoms with Crippen molar-refractivity contribution in [2.24, 2.45) is 5.14 Å². The first-order chi connectivity index (χ1) is 10.9. The second-order valence-corrected chi connectivity index (χ2v) is 7.33. The van der Waals surface area contributed by atoms with Crippen LogP contribution in [-0.2, 0) is 10.0 Å². The van der Waals surface area contributed by atoms with Gasteiger partial charge in [-0.05, 0) is 37.6 Å². The van der Waals surface area contributed by atoms with Crippen LogP contribution in [0.2, 0.25) is 0 Å². The van der Waals surface area contributed by atoms with E-state index in [1.807, 2.05) is 12.1 Å². The van der Waals surface area contributed by atoms with Gasteiger partial charge in [0.1, 0.15) is 5.76 Å². The highest BCUT2D eigenvalue weighted by molar-refractivity contribution is 7.89. The molecule has 23 heavy (non-hydrogen) atoms. The number of aryl methyl sites for hydroxylation is 1. The SMILES string of the molecule is Cc1ccc(S(N)(=O)=O)c(C(=O)N2CCC(c3ccco3)C2)c1. The van der Waals surface area contributed by atoms with Crippen LogP contribution in [0.25, 0.3) is 0 Å². The smallest absolute Gasteiger partial charge is 0.255 e. The Balaban J connectivity index is 1.88. The normalized spacial score (nSPS) is 18.3. The zero-order chi connectivity index (χ0) is 16.6. The molecule has 1 aromatic carbocycles. The van der Waals surface area contributed by atoms with Gasteiger partial charge in [-0.1, -0.05) is 11.6 Å². The molecule has 2 heterocycles. The first-order valence-corrected chi connectivity index (χ1v) is 8.87. The van der Waals surface area contributed by atoms with E-state index in [1.54, 1.807) is 30.2 Å². The minimum Gasteiger partial charge on any atom is -0.469 e. The van der Waals surface area contributed by atoms with Gasteiger partial charge in [0, 0.05) is 19.0 Å². The van der Waals surface area contributed by atoms with Gasteiger partial charge in [0.25, 0.3) is 5.91 Å². The van der Waals surface area contributed by atoms with Gasteiger partial charge in [-0.3, -0.25) is 4.79 Å². The molecule has 0 radical (unpaired) electrons. The van der Waals surface area contributed by atoms with Crippen LogP contribution in [0.5, 0.6) is 0 Å². The van der Waals surface area contributed by atoms with Gasteiger partial charge in [-0.15, -0.1) is 0 Å². The summed E-state index contributed by atoms with van der Waals surface area (Å²) in [5, 5.41) is 5.24. The standard InChI is InChI=1S/C16H18N2O4S/c1-11-4-5-15(23(17,20)21)13(9-11)16(19)18-7-6-12(10-18)14-3-2-8-22-14/h2-5,8-9,12H,6-7,10H2,1H3,(H2,17,20,21). The van der Waals surface area contributed by atoms with Gasteiger partial charge in [-0.2, -0.15) is 0 Å². The molecule has 1 amide bonds. The number of benzene rings is 1. The maximum Gasteiger partial charge on any atom is 0.255 e. The molecule has 7 heteroatoms. The van der Waals surface area contributed by atoms with Crippen molar-refractivity contribution in [3.8, 4) is 0 Å². The number of rotatable bonds is 3. The second kappa shape index (κ2) is 5.82. The van der Waals surface area contributed by atoms with E-state index in [-0.39, 0.29) is 22.3 Å². The van der Waals surface area contributed by atoms with E-state index < -0.39 is 10.0 Å². The maximum absolute atomic E-state index is 12.8. The fourth-order valence-electron chi connectivity index (χ4n) is 2.93. The minimum atomic E-state index is -3.95. The van der Waals surface area contributed by atoms with Crippen LogP contribution in [0.1, 0.15) is 34.0 Å². The lowest BCUT2D eigenvalue weighted by Gasteiger charge is -2.18. The van der Waals surface area contributed by atoms with E-state index >= 15 is 0 Å². The van der Waals surface area contributed by atoms with Crippen molar-refractivity contribution in [2.45, 2.75) is 24.2 Å². The van der Waals surface area contributed by atoms with Gasteiger partial charge >= 0.3 is 0 Å². The molecule has 1 aromatic heterocycles. The van der Waals surface area contributed by atoms with E-state index in [0.717, 1.165) is 17.7 Å². The first-order valence-electron chi connectivity index (χ1n) is 7.32. The van der Waals surface area contributed by atoms with Crippen molar-refractivity contribution in [3.05, 3.63) is 53.5 Å². The lowest BCUT2D eigenvalue weighted by molar-refractivity contribution is 0.0786. The second-order valence-electron chi connectivity index (χ2n) is 5.80. The average Bonchev–Trinajstić information content (AvgIpc) is 3.16. The van der Waals surface area contributed by atoms with Crippen LogP contribution in [0.3, 0.4) is 0 Å². The van der Waals surface area contributed by atoms with E-state index in [1.165, 1.54) is 6.07 Å². The summed E-state index contributed by atoms with van der Waals surface area (Å²) in [5.41, 5.74) is 0.940. The molecule has 2 aromatic rings. The van der Waals surface area contributed by atoms with Crippen molar-refractivity contribution in [1.82, 2.24) is 4.90 Å². The van der Waals surface area contributed by atoms with Crippen LogP contribution < -0.4 is 5.14 Å². The Morgan fingerprint density at radius 1 is 1.35 bits per heavy atom. The molecule has 1 unspecified atom stereocenters. The number of furan rings is 1. The molecule has 2 N–H and O–H groups in total. The van der Waals surface area contributed by atoms with E-state index in [4.69, 9.17) is 9.56 Å². The molecule has 1 aliphatic rings. The highest BCUT2D eigenvalue weighted by atomic mass is 32.2. The highest BCUT2D eigenvalue weighted by Gasteiger charge is 2.31. The Kier molecular flexibility index (Phi) is 3.99. The highest BCUT2D eigenvalue weighted by Crippen LogP contribution is 2.29. The third-order valence-corrected chi connectivity index (χ3v) is 5.06. The van der Waals surface area contributed by atoms with Crippen molar-refractivity contribution in [2.75, 3.05) is 13.1 Å². The number of hydrogen-bond acceptors (Lipinski definition) is 4. The Bertz CT molecular complexity index is 828. The molecular weight excluding hydrogens is 316 g/mol. The number of primary sulfonamides is 1. The van der Waals surface area contributed by atoms with E-state index in [2.05, 4.69) is 0 Å². The monoisotopic (exact) mass is 334 g/mol. The molecule has 1 saturated heterocycles. The van der Waals surface area contributed by atoms with Crippen molar-refractivity contribution >= 4 is 15.9 Å². The Hall–Kier alpha value is -2.12. The van der Waals surface area contributed by atoms with Gasteiger partial charge in [0.05, 0.1) is 16.7 Å².